The van der Waals surface area contributed by atoms with Crippen molar-refractivity contribution in [3.8, 4) is 0 Å². The zero-order chi connectivity index (χ0) is 12.8. The van der Waals surface area contributed by atoms with Gasteiger partial charge >= 0.3 is 0 Å². The molecule has 0 saturated heterocycles. The van der Waals surface area contributed by atoms with Gasteiger partial charge in [-0.15, -0.1) is 0 Å². The summed E-state index contributed by atoms with van der Waals surface area (Å²) >= 11 is 3.58. The molecule has 0 saturated carbocycles. The molecule has 0 spiro atoms. The van der Waals surface area contributed by atoms with E-state index >= 15 is 0 Å². The number of rotatable bonds is 7. The highest BCUT2D eigenvalue weighted by molar-refractivity contribution is 9.10. The summed E-state index contributed by atoms with van der Waals surface area (Å²) in [6.45, 7) is 5.92. The highest BCUT2D eigenvalue weighted by Gasteiger charge is 2.22. The van der Waals surface area contributed by atoms with Crippen LogP contribution in [0.4, 0.5) is 0 Å². The van der Waals surface area contributed by atoms with E-state index in [1.807, 2.05) is 17.9 Å². The van der Waals surface area contributed by atoms with E-state index in [0.717, 1.165) is 17.4 Å². The van der Waals surface area contributed by atoms with Crippen LogP contribution < -0.4 is 5.32 Å². The van der Waals surface area contributed by atoms with Crippen LogP contribution in [-0.2, 0) is 11.3 Å². The van der Waals surface area contributed by atoms with Gasteiger partial charge in [-0.25, -0.2) is 0 Å². The minimum atomic E-state index is 0.314. The van der Waals surface area contributed by atoms with Gasteiger partial charge in [0.15, 0.2) is 0 Å². The molecule has 1 heterocycles. The standard InChI is InChI=1S/C12H22BrN3O/c1-5-9(2)11(14-3)12-10(13)8-15-16(12)6-7-17-4/h8-9,11,14H,5-7H2,1-4H3. The zero-order valence-corrected chi connectivity index (χ0v) is 12.6. The Kier molecular flexibility index (Phi) is 6.16. The van der Waals surface area contributed by atoms with Crippen molar-refractivity contribution < 1.29 is 4.74 Å². The van der Waals surface area contributed by atoms with Crippen molar-refractivity contribution in [1.29, 1.82) is 0 Å². The highest BCUT2D eigenvalue weighted by atomic mass is 79.9. The molecule has 2 atom stereocenters. The first kappa shape index (κ1) is 14.7. The van der Waals surface area contributed by atoms with Gasteiger partial charge in [0.1, 0.15) is 0 Å². The Morgan fingerprint density at radius 3 is 2.82 bits per heavy atom. The summed E-state index contributed by atoms with van der Waals surface area (Å²) in [7, 11) is 3.71. The van der Waals surface area contributed by atoms with E-state index in [1.165, 1.54) is 5.69 Å². The van der Waals surface area contributed by atoms with E-state index in [2.05, 4.69) is 40.2 Å². The molecule has 1 aromatic rings. The van der Waals surface area contributed by atoms with E-state index in [4.69, 9.17) is 4.74 Å². The molecule has 0 radical (unpaired) electrons. The average molecular weight is 304 g/mol. The van der Waals surface area contributed by atoms with Crippen LogP contribution in [0.3, 0.4) is 0 Å². The van der Waals surface area contributed by atoms with Crippen LogP contribution in [0, 0.1) is 5.92 Å². The van der Waals surface area contributed by atoms with Gasteiger partial charge < -0.3 is 10.1 Å². The molecular weight excluding hydrogens is 282 g/mol. The molecule has 2 unspecified atom stereocenters. The van der Waals surface area contributed by atoms with Gasteiger partial charge in [0.05, 0.1) is 35.6 Å². The maximum absolute atomic E-state index is 5.11. The van der Waals surface area contributed by atoms with Crippen molar-refractivity contribution in [3.63, 3.8) is 0 Å². The molecule has 0 aromatic carbocycles. The number of halogens is 1. The van der Waals surface area contributed by atoms with Crippen LogP contribution in [0.1, 0.15) is 32.0 Å². The van der Waals surface area contributed by atoms with Crippen LogP contribution in [0.5, 0.6) is 0 Å². The Hall–Kier alpha value is -0.390. The summed E-state index contributed by atoms with van der Waals surface area (Å²) in [5.41, 5.74) is 1.21. The topological polar surface area (TPSA) is 39.1 Å². The Balaban J connectivity index is 2.96. The summed E-state index contributed by atoms with van der Waals surface area (Å²) in [5.74, 6) is 0.564. The molecule has 17 heavy (non-hydrogen) atoms. The molecule has 0 bridgehead atoms. The predicted molar refractivity (Wildman–Crippen MR) is 73.1 cm³/mol. The minimum Gasteiger partial charge on any atom is -0.383 e. The Morgan fingerprint density at radius 2 is 2.29 bits per heavy atom. The first-order valence-corrected chi connectivity index (χ1v) is 6.82. The fraction of sp³-hybridized carbons (Fsp3) is 0.750. The maximum Gasteiger partial charge on any atom is 0.0699 e. The second kappa shape index (κ2) is 7.13. The van der Waals surface area contributed by atoms with Crippen LogP contribution in [0.2, 0.25) is 0 Å². The number of nitrogens with zero attached hydrogens (tertiary/aromatic N) is 2. The lowest BCUT2D eigenvalue weighted by Crippen LogP contribution is -2.27. The Labute approximate surface area is 112 Å². The van der Waals surface area contributed by atoms with Crippen molar-refractivity contribution in [2.45, 2.75) is 32.9 Å². The number of aromatic nitrogens is 2. The Bertz CT molecular complexity index is 340. The number of hydrogen-bond acceptors (Lipinski definition) is 3. The molecular formula is C12H22BrN3O. The molecule has 0 amide bonds. The van der Waals surface area contributed by atoms with E-state index in [9.17, 15) is 0 Å². The molecule has 1 rings (SSSR count). The fourth-order valence-electron chi connectivity index (χ4n) is 1.96. The molecule has 0 fully saturated rings. The third-order valence-electron chi connectivity index (χ3n) is 3.16. The lowest BCUT2D eigenvalue weighted by Gasteiger charge is -2.24. The summed E-state index contributed by atoms with van der Waals surface area (Å²) in [6, 6.07) is 0.314. The Morgan fingerprint density at radius 1 is 1.59 bits per heavy atom. The zero-order valence-electron chi connectivity index (χ0n) is 11.0. The number of hydrogen-bond donors (Lipinski definition) is 1. The van der Waals surface area contributed by atoms with E-state index < -0.39 is 0 Å². The summed E-state index contributed by atoms with van der Waals surface area (Å²) in [4.78, 5) is 0. The van der Waals surface area contributed by atoms with Crippen LogP contribution in [-0.4, -0.2) is 30.5 Å². The van der Waals surface area contributed by atoms with Crippen molar-refractivity contribution in [3.05, 3.63) is 16.4 Å². The summed E-state index contributed by atoms with van der Waals surface area (Å²) < 4.78 is 8.19. The van der Waals surface area contributed by atoms with Gasteiger partial charge in [-0.1, -0.05) is 20.3 Å². The van der Waals surface area contributed by atoms with Crippen molar-refractivity contribution >= 4 is 15.9 Å². The largest absolute Gasteiger partial charge is 0.383 e. The van der Waals surface area contributed by atoms with Gasteiger partial charge in [0.2, 0.25) is 0 Å². The minimum absolute atomic E-state index is 0.314. The van der Waals surface area contributed by atoms with Gasteiger partial charge in [0.25, 0.3) is 0 Å². The maximum atomic E-state index is 5.11. The van der Waals surface area contributed by atoms with Gasteiger partial charge in [0, 0.05) is 7.11 Å². The van der Waals surface area contributed by atoms with E-state index in [-0.39, 0.29) is 0 Å². The van der Waals surface area contributed by atoms with E-state index in [0.29, 0.717) is 18.6 Å². The first-order chi connectivity index (χ1) is 8.15. The van der Waals surface area contributed by atoms with Gasteiger partial charge in [-0.05, 0) is 28.9 Å². The lowest BCUT2D eigenvalue weighted by molar-refractivity contribution is 0.180. The first-order valence-electron chi connectivity index (χ1n) is 6.03. The second-order valence-corrected chi connectivity index (χ2v) is 5.10. The van der Waals surface area contributed by atoms with Crippen molar-refractivity contribution in [2.75, 3.05) is 20.8 Å². The summed E-state index contributed by atoms with van der Waals surface area (Å²) in [6.07, 6.45) is 2.99. The number of methoxy groups -OCH3 is 1. The molecule has 0 aliphatic rings. The second-order valence-electron chi connectivity index (χ2n) is 4.25. The van der Waals surface area contributed by atoms with Crippen molar-refractivity contribution in [2.24, 2.45) is 5.92 Å². The molecule has 98 valence electrons. The molecule has 1 N–H and O–H groups in total. The molecule has 1 aromatic heterocycles. The summed E-state index contributed by atoms with van der Waals surface area (Å²) in [5, 5.41) is 7.77. The molecule has 0 aliphatic carbocycles. The van der Waals surface area contributed by atoms with Gasteiger partial charge in [-0.2, -0.15) is 5.10 Å². The number of nitrogens with one attached hydrogen (secondary N) is 1. The highest BCUT2D eigenvalue weighted by Crippen LogP contribution is 2.29. The molecule has 4 nitrogen and oxygen atoms in total. The molecule has 5 heteroatoms. The van der Waals surface area contributed by atoms with E-state index in [1.54, 1.807) is 7.11 Å². The molecule has 0 aliphatic heterocycles. The predicted octanol–water partition coefficient (Wildman–Crippen LogP) is 2.60. The van der Waals surface area contributed by atoms with Crippen LogP contribution >= 0.6 is 15.9 Å². The monoisotopic (exact) mass is 303 g/mol. The smallest absolute Gasteiger partial charge is 0.0699 e. The quantitative estimate of drug-likeness (QED) is 0.841. The third kappa shape index (κ3) is 3.53. The van der Waals surface area contributed by atoms with Crippen LogP contribution in [0.25, 0.3) is 0 Å². The fourth-order valence-corrected chi connectivity index (χ4v) is 2.51. The van der Waals surface area contributed by atoms with Crippen molar-refractivity contribution in [1.82, 2.24) is 15.1 Å². The normalized spacial score (nSPS) is 14.9. The third-order valence-corrected chi connectivity index (χ3v) is 3.77. The SMILES string of the molecule is CCC(C)C(NC)c1c(Br)cnn1CCOC. The lowest BCUT2D eigenvalue weighted by atomic mass is 9.96. The van der Waals surface area contributed by atoms with Crippen LogP contribution in [0.15, 0.2) is 10.7 Å². The average Bonchev–Trinajstić information content (AvgIpc) is 2.69. The van der Waals surface area contributed by atoms with Gasteiger partial charge in [-0.3, -0.25) is 4.68 Å². The number of ether oxygens (including phenoxy) is 1.